The highest BCUT2D eigenvalue weighted by Crippen LogP contribution is 2.20. The van der Waals surface area contributed by atoms with Gasteiger partial charge in [0.2, 0.25) is 0 Å². The Labute approximate surface area is 166 Å². The lowest BCUT2D eigenvalue weighted by atomic mass is 9.99. The van der Waals surface area contributed by atoms with Crippen LogP contribution in [0.2, 0.25) is 0 Å². The molecule has 2 rings (SSSR count). The summed E-state index contributed by atoms with van der Waals surface area (Å²) < 4.78 is 1.61. The Morgan fingerprint density at radius 1 is 1.24 bits per heavy atom. The summed E-state index contributed by atoms with van der Waals surface area (Å²) in [5.74, 6) is 0.844. The van der Waals surface area contributed by atoms with E-state index < -0.39 is 0 Å². The molecule has 6 heteroatoms. The Morgan fingerprint density at radius 2 is 1.88 bits per heavy atom. The van der Waals surface area contributed by atoms with Crippen molar-refractivity contribution in [1.82, 2.24) is 4.57 Å². The van der Waals surface area contributed by atoms with E-state index in [-0.39, 0.29) is 36.1 Å². The van der Waals surface area contributed by atoms with E-state index in [1.54, 1.807) is 17.7 Å². The van der Waals surface area contributed by atoms with Gasteiger partial charge in [-0.15, -0.1) is 24.0 Å². The minimum absolute atomic E-state index is 0. The number of nitrogens with two attached hydrogens (primary N) is 1. The van der Waals surface area contributed by atoms with E-state index in [1.807, 2.05) is 25.1 Å². The van der Waals surface area contributed by atoms with Crippen molar-refractivity contribution in [3.05, 3.63) is 63.6 Å². The van der Waals surface area contributed by atoms with Crippen molar-refractivity contribution >= 4 is 35.6 Å². The van der Waals surface area contributed by atoms with Crippen LogP contribution in [-0.2, 0) is 13.6 Å². The molecule has 0 fully saturated rings. The Kier molecular flexibility index (Phi) is 8.15. The SMILES string of the molecule is CCC(C)c1ccc(NC(N)=NCc2ccc(C)n(C)c2=O)cc1.I. The highest BCUT2D eigenvalue weighted by atomic mass is 127. The van der Waals surface area contributed by atoms with Gasteiger partial charge in [0.15, 0.2) is 5.96 Å². The Morgan fingerprint density at radius 3 is 2.48 bits per heavy atom. The van der Waals surface area contributed by atoms with Gasteiger partial charge in [0, 0.05) is 24.0 Å². The topological polar surface area (TPSA) is 72.4 Å². The van der Waals surface area contributed by atoms with Gasteiger partial charge in [-0.05, 0) is 49.1 Å². The number of guanidine groups is 1. The molecule has 1 aromatic heterocycles. The van der Waals surface area contributed by atoms with Gasteiger partial charge in [0.25, 0.3) is 5.56 Å². The van der Waals surface area contributed by atoms with Crippen molar-refractivity contribution in [3.8, 4) is 0 Å². The molecule has 1 atom stereocenters. The smallest absolute Gasteiger partial charge is 0.255 e. The molecule has 1 heterocycles. The van der Waals surface area contributed by atoms with E-state index >= 15 is 0 Å². The number of anilines is 1. The number of halogens is 1. The molecule has 0 bridgehead atoms. The lowest BCUT2D eigenvalue weighted by Crippen LogP contribution is -2.25. The molecule has 25 heavy (non-hydrogen) atoms. The number of rotatable bonds is 5. The number of nitrogens with one attached hydrogen (secondary N) is 1. The summed E-state index contributed by atoms with van der Waals surface area (Å²) >= 11 is 0. The van der Waals surface area contributed by atoms with E-state index in [4.69, 9.17) is 5.73 Å². The summed E-state index contributed by atoms with van der Waals surface area (Å²) in [5, 5.41) is 3.06. The van der Waals surface area contributed by atoms with Gasteiger partial charge in [0.1, 0.15) is 0 Å². The van der Waals surface area contributed by atoms with E-state index in [0.29, 0.717) is 17.4 Å². The van der Waals surface area contributed by atoms with Crippen molar-refractivity contribution in [2.45, 2.75) is 39.7 Å². The van der Waals surface area contributed by atoms with Crippen LogP contribution in [0.5, 0.6) is 0 Å². The van der Waals surface area contributed by atoms with E-state index in [1.165, 1.54) is 5.56 Å². The van der Waals surface area contributed by atoms with Gasteiger partial charge in [-0.1, -0.05) is 26.0 Å². The van der Waals surface area contributed by atoms with Crippen LogP contribution in [0.25, 0.3) is 0 Å². The molecule has 0 aliphatic rings. The summed E-state index contributed by atoms with van der Waals surface area (Å²) in [6.07, 6.45) is 1.11. The van der Waals surface area contributed by atoms with Crippen LogP contribution < -0.4 is 16.6 Å². The number of hydrogen-bond acceptors (Lipinski definition) is 2. The standard InChI is InChI=1S/C19H26N4O.HI/c1-5-13(2)15-8-10-17(11-9-15)22-19(20)21-12-16-7-6-14(3)23(4)18(16)24;/h6-11,13H,5,12H2,1-4H3,(H3,20,21,22);1H. The van der Waals surface area contributed by atoms with Crippen molar-refractivity contribution < 1.29 is 0 Å². The van der Waals surface area contributed by atoms with Crippen LogP contribution >= 0.6 is 24.0 Å². The van der Waals surface area contributed by atoms with Gasteiger partial charge < -0.3 is 15.6 Å². The predicted molar refractivity (Wildman–Crippen MR) is 116 cm³/mol. The van der Waals surface area contributed by atoms with Crippen molar-refractivity contribution in [2.75, 3.05) is 5.32 Å². The fourth-order valence-electron chi connectivity index (χ4n) is 2.39. The molecule has 2 aromatic rings. The molecule has 136 valence electrons. The van der Waals surface area contributed by atoms with Gasteiger partial charge in [-0.25, -0.2) is 4.99 Å². The second-order valence-electron chi connectivity index (χ2n) is 6.12. The highest BCUT2D eigenvalue weighted by Gasteiger charge is 2.04. The van der Waals surface area contributed by atoms with Crippen molar-refractivity contribution in [2.24, 2.45) is 17.8 Å². The van der Waals surface area contributed by atoms with Crippen LogP contribution in [0.15, 0.2) is 46.2 Å². The molecule has 0 radical (unpaired) electrons. The first-order valence-corrected chi connectivity index (χ1v) is 8.24. The zero-order valence-corrected chi connectivity index (χ0v) is 17.6. The number of aryl methyl sites for hydroxylation is 1. The zero-order chi connectivity index (χ0) is 17.7. The summed E-state index contributed by atoms with van der Waals surface area (Å²) in [7, 11) is 1.76. The second-order valence-corrected chi connectivity index (χ2v) is 6.12. The maximum absolute atomic E-state index is 12.1. The number of nitrogens with zero attached hydrogens (tertiary/aromatic N) is 2. The summed E-state index contributed by atoms with van der Waals surface area (Å²) in [5.41, 5.74) is 9.63. The van der Waals surface area contributed by atoms with E-state index in [0.717, 1.165) is 17.8 Å². The minimum atomic E-state index is -0.0375. The summed E-state index contributed by atoms with van der Waals surface area (Å²) in [6.45, 7) is 6.54. The molecule has 5 nitrogen and oxygen atoms in total. The molecule has 0 saturated carbocycles. The molecular weight excluding hydrogens is 427 g/mol. The van der Waals surface area contributed by atoms with Crippen LogP contribution in [-0.4, -0.2) is 10.5 Å². The monoisotopic (exact) mass is 454 g/mol. The molecule has 0 amide bonds. The first-order chi connectivity index (χ1) is 11.4. The zero-order valence-electron chi connectivity index (χ0n) is 15.2. The Hall–Kier alpha value is -1.83. The highest BCUT2D eigenvalue weighted by molar-refractivity contribution is 14.0. The van der Waals surface area contributed by atoms with Crippen LogP contribution in [0.3, 0.4) is 0 Å². The molecule has 0 saturated heterocycles. The first-order valence-electron chi connectivity index (χ1n) is 8.24. The third-order valence-electron chi connectivity index (χ3n) is 4.42. The van der Waals surface area contributed by atoms with Gasteiger partial charge >= 0.3 is 0 Å². The third kappa shape index (κ3) is 5.59. The van der Waals surface area contributed by atoms with Gasteiger partial charge in [0.05, 0.1) is 6.54 Å². The van der Waals surface area contributed by atoms with Crippen LogP contribution in [0, 0.1) is 6.92 Å². The number of benzene rings is 1. The predicted octanol–water partition coefficient (Wildman–Crippen LogP) is 3.75. The quantitative estimate of drug-likeness (QED) is 0.411. The molecular formula is C19H27IN4O. The van der Waals surface area contributed by atoms with Crippen LogP contribution in [0.1, 0.15) is 43.0 Å². The van der Waals surface area contributed by atoms with Crippen molar-refractivity contribution in [3.63, 3.8) is 0 Å². The Balaban J connectivity index is 0.00000312. The normalized spacial score (nSPS) is 12.4. The van der Waals surface area contributed by atoms with Gasteiger partial charge in [-0.3, -0.25) is 4.79 Å². The molecule has 0 aliphatic heterocycles. The third-order valence-corrected chi connectivity index (χ3v) is 4.42. The number of pyridine rings is 1. The second kappa shape index (κ2) is 9.60. The minimum Gasteiger partial charge on any atom is -0.370 e. The fourth-order valence-corrected chi connectivity index (χ4v) is 2.39. The number of aliphatic imine (C=N–C) groups is 1. The van der Waals surface area contributed by atoms with E-state index in [9.17, 15) is 4.79 Å². The number of hydrogen-bond donors (Lipinski definition) is 2. The average Bonchev–Trinajstić information content (AvgIpc) is 2.59. The largest absolute Gasteiger partial charge is 0.370 e. The van der Waals surface area contributed by atoms with Crippen LogP contribution in [0.4, 0.5) is 5.69 Å². The molecule has 0 spiro atoms. The first kappa shape index (κ1) is 21.2. The fraction of sp³-hybridized carbons (Fsp3) is 0.368. The summed E-state index contributed by atoms with van der Waals surface area (Å²) in [6, 6.07) is 11.9. The molecule has 1 aromatic carbocycles. The molecule has 1 unspecified atom stereocenters. The maximum atomic E-state index is 12.1. The number of aromatic nitrogens is 1. The lowest BCUT2D eigenvalue weighted by Gasteiger charge is -2.11. The average molecular weight is 454 g/mol. The maximum Gasteiger partial charge on any atom is 0.255 e. The van der Waals surface area contributed by atoms with E-state index in [2.05, 4.69) is 36.3 Å². The summed E-state index contributed by atoms with van der Waals surface area (Å²) in [4.78, 5) is 16.4. The van der Waals surface area contributed by atoms with Crippen molar-refractivity contribution in [1.29, 1.82) is 0 Å². The van der Waals surface area contributed by atoms with Gasteiger partial charge in [-0.2, -0.15) is 0 Å². The lowest BCUT2D eigenvalue weighted by molar-refractivity contribution is 0.734. The molecule has 3 N–H and O–H groups in total. The Bertz CT molecular complexity index is 781. The molecule has 0 aliphatic carbocycles.